The zero-order valence-corrected chi connectivity index (χ0v) is 11.9. The van der Waals surface area contributed by atoms with Gasteiger partial charge in [0.1, 0.15) is 0 Å². The lowest BCUT2D eigenvalue weighted by Gasteiger charge is -2.23. The highest BCUT2D eigenvalue weighted by Gasteiger charge is 2.13. The smallest absolute Gasteiger partial charge is 0.191 e. The van der Waals surface area contributed by atoms with Crippen LogP contribution in [0.1, 0.15) is 54.4 Å². The van der Waals surface area contributed by atoms with Gasteiger partial charge in [-0.3, -0.25) is 4.99 Å². The van der Waals surface area contributed by atoms with E-state index < -0.39 is 0 Å². The van der Waals surface area contributed by atoms with E-state index in [0.29, 0.717) is 11.5 Å². The normalized spacial score (nSPS) is 14.8. The van der Waals surface area contributed by atoms with Crippen molar-refractivity contribution in [3.63, 3.8) is 0 Å². The number of rotatable bonds is 5. The van der Waals surface area contributed by atoms with Crippen molar-refractivity contribution >= 4 is 5.96 Å². The second kappa shape index (κ2) is 7.53. The first-order chi connectivity index (χ1) is 7.39. The number of hydrogen-bond acceptors (Lipinski definition) is 1. The average molecular weight is 227 g/mol. The molecule has 16 heavy (non-hydrogen) atoms. The van der Waals surface area contributed by atoms with Crippen molar-refractivity contribution in [3.8, 4) is 0 Å². The fraction of sp³-hybridized carbons (Fsp3) is 0.923. The molecule has 2 N–H and O–H groups in total. The van der Waals surface area contributed by atoms with E-state index in [9.17, 15) is 0 Å². The number of aliphatic imine (C=N–C) groups is 1. The van der Waals surface area contributed by atoms with Gasteiger partial charge in [0.2, 0.25) is 0 Å². The Morgan fingerprint density at radius 1 is 1.25 bits per heavy atom. The van der Waals surface area contributed by atoms with Crippen LogP contribution in [0.5, 0.6) is 0 Å². The molecule has 0 aromatic heterocycles. The van der Waals surface area contributed by atoms with Crippen molar-refractivity contribution in [2.75, 3.05) is 13.1 Å². The summed E-state index contributed by atoms with van der Waals surface area (Å²) in [6.07, 6.45) is 2.41. The van der Waals surface area contributed by atoms with Gasteiger partial charge >= 0.3 is 0 Å². The Balaban J connectivity index is 4.00. The van der Waals surface area contributed by atoms with Gasteiger partial charge in [0, 0.05) is 19.1 Å². The van der Waals surface area contributed by atoms with Gasteiger partial charge in [-0.2, -0.15) is 0 Å². The van der Waals surface area contributed by atoms with E-state index in [1.54, 1.807) is 0 Å². The zero-order chi connectivity index (χ0) is 12.6. The van der Waals surface area contributed by atoms with Crippen LogP contribution >= 0.6 is 0 Å². The monoisotopic (exact) mass is 227 g/mol. The molecular formula is C13H29N3. The lowest BCUT2D eigenvalue weighted by atomic mass is 9.89. The molecule has 0 bridgehead atoms. The second-order valence-corrected chi connectivity index (χ2v) is 5.50. The van der Waals surface area contributed by atoms with Gasteiger partial charge in [0.25, 0.3) is 0 Å². The maximum atomic E-state index is 4.39. The second-order valence-electron chi connectivity index (χ2n) is 5.50. The Morgan fingerprint density at radius 2 is 1.88 bits per heavy atom. The van der Waals surface area contributed by atoms with E-state index in [1.807, 2.05) is 0 Å². The SMILES string of the molecule is CCN=C(NCC)NC(C)CCC(C)(C)C. The van der Waals surface area contributed by atoms with E-state index in [4.69, 9.17) is 0 Å². The summed E-state index contributed by atoms with van der Waals surface area (Å²) in [5.74, 6) is 0.936. The van der Waals surface area contributed by atoms with Gasteiger partial charge in [-0.25, -0.2) is 0 Å². The molecule has 1 unspecified atom stereocenters. The molecular weight excluding hydrogens is 198 g/mol. The van der Waals surface area contributed by atoms with Crippen LogP contribution in [-0.2, 0) is 0 Å². The molecule has 0 spiro atoms. The minimum Gasteiger partial charge on any atom is -0.357 e. The third kappa shape index (κ3) is 8.57. The van der Waals surface area contributed by atoms with Crippen LogP contribution in [0.3, 0.4) is 0 Å². The molecule has 0 heterocycles. The van der Waals surface area contributed by atoms with E-state index in [1.165, 1.54) is 12.8 Å². The molecule has 0 saturated carbocycles. The molecule has 0 rings (SSSR count). The first kappa shape index (κ1) is 15.3. The van der Waals surface area contributed by atoms with E-state index >= 15 is 0 Å². The highest BCUT2D eigenvalue weighted by Crippen LogP contribution is 2.21. The van der Waals surface area contributed by atoms with Crippen LogP contribution in [0.4, 0.5) is 0 Å². The summed E-state index contributed by atoms with van der Waals surface area (Å²) in [5, 5.41) is 6.68. The molecule has 0 aliphatic heterocycles. The summed E-state index contributed by atoms with van der Waals surface area (Å²) in [6, 6.07) is 0.476. The minimum atomic E-state index is 0.413. The quantitative estimate of drug-likeness (QED) is 0.560. The highest BCUT2D eigenvalue weighted by molar-refractivity contribution is 5.79. The molecule has 0 amide bonds. The average Bonchev–Trinajstić information content (AvgIpc) is 2.14. The molecule has 1 atom stereocenters. The van der Waals surface area contributed by atoms with Gasteiger partial charge < -0.3 is 10.6 Å². The van der Waals surface area contributed by atoms with Crippen molar-refractivity contribution in [1.82, 2.24) is 10.6 Å². The maximum Gasteiger partial charge on any atom is 0.191 e. The molecule has 0 aliphatic carbocycles. The summed E-state index contributed by atoms with van der Waals surface area (Å²) >= 11 is 0. The van der Waals surface area contributed by atoms with Crippen molar-refractivity contribution in [1.29, 1.82) is 0 Å². The van der Waals surface area contributed by atoms with Crippen molar-refractivity contribution < 1.29 is 0 Å². The molecule has 0 saturated heterocycles. The third-order valence-corrected chi connectivity index (χ3v) is 2.37. The standard InChI is InChI=1S/C13H29N3/c1-7-14-12(15-8-2)16-11(3)9-10-13(4,5)6/h11H,7-10H2,1-6H3,(H2,14,15,16). The van der Waals surface area contributed by atoms with Gasteiger partial charge in [-0.05, 0) is 39.0 Å². The molecule has 3 nitrogen and oxygen atoms in total. The Bertz CT molecular complexity index is 204. The fourth-order valence-corrected chi connectivity index (χ4v) is 1.43. The Hall–Kier alpha value is -0.730. The van der Waals surface area contributed by atoms with Crippen LogP contribution in [-0.4, -0.2) is 25.1 Å². The zero-order valence-electron chi connectivity index (χ0n) is 11.9. The van der Waals surface area contributed by atoms with Crippen LogP contribution in [0, 0.1) is 5.41 Å². The van der Waals surface area contributed by atoms with Gasteiger partial charge in [-0.15, -0.1) is 0 Å². The number of guanidine groups is 1. The lowest BCUT2D eigenvalue weighted by Crippen LogP contribution is -2.42. The van der Waals surface area contributed by atoms with Crippen molar-refractivity contribution in [2.45, 2.75) is 60.4 Å². The molecule has 96 valence electrons. The van der Waals surface area contributed by atoms with Crippen LogP contribution < -0.4 is 10.6 Å². The minimum absolute atomic E-state index is 0.413. The number of nitrogens with zero attached hydrogens (tertiary/aromatic N) is 1. The highest BCUT2D eigenvalue weighted by atomic mass is 15.2. The predicted octanol–water partition coefficient (Wildman–Crippen LogP) is 2.78. The predicted molar refractivity (Wildman–Crippen MR) is 72.9 cm³/mol. The first-order valence-corrected chi connectivity index (χ1v) is 6.44. The molecule has 0 aromatic carbocycles. The Morgan fingerprint density at radius 3 is 2.31 bits per heavy atom. The van der Waals surface area contributed by atoms with E-state index in [0.717, 1.165) is 19.0 Å². The number of nitrogens with one attached hydrogen (secondary N) is 2. The summed E-state index contributed by atoms with van der Waals surface area (Å²) in [6.45, 7) is 14.9. The maximum absolute atomic E-state index is 4.39. The van der Waals surface area contributed by atoms with Gasteiger partial charge in [-0.1, -0.05) is 20.8 Å². The lowest BCUT2D eigenvalue weighted by molar-refractivity contribution is 0.346. The summed E-state index contributed by atoms with van der Waals surface area (Å²) < 4.78 is 0. The first-order valence-electron chi connectivity index (χ1n) is 6.44. The van der Waals surface area contributed by atoms with Gasteiger partial charge in [0.15, 0.2) is 5.96 Å². The Labute approximate surface area is 101 Å². The van der Waals surface area contributed by atoms with Crippen molar-refractivity contribution in [2.24, 2.45) is 10.4 Å². The summed E-state index contributed by atoms with van der Waals surface area (Å²) in [4.78, 5) is 4.39. The van der Waals surface area contributed by atoms with Crippen molar-refractivity contribution in [3.05, 3.63) is 0 Å². The van der Waals surface area contributed by atoms with E-state index in [2.05, 4.69) is 57.2 Å². The Kier molecular flexibility index (Phi) is 7.18. The molecule has 0 aliphatic rings. The topological polar surface area (TPSA) is 36.4 Å². The van der Waals surface area contributed by atoms with E-state index in [-0.39, 0.29) is 0 Å². The van der Waals surface area contributed by atoms with Crippen LogP contribution in [0.2, 0.25) is 0 Å². The molecule has 0 radical (unpaired) electrons. The molecule has 0 fully saturated rings. The van der Waals surface area contributed by atoms with Crippen LogP contribution in [0.15, 0.2) is 4.99 Å². The molecule has 3 heteroatoms. The third-order valence-electron chi connectivity index (χ3n) is 2.37. The number of hydrogen-bond donors (Lipinski definition) is 2. The van der Waals surface area contributed by atoms with Crippen LogP contribution in [0.25, 0.3) is 0 Å². The summed E-state index contributed by atoms with van der Waals surface area (Å²) in [7, 11) is 0. The summed E-state index contributed by atoms with van der Waals surface area (Å²) in [5.41, 5.74) is 0.413. The fourth-order valence-electron chi connectivity index (χ4n) is 1.43. The largest absolute Gasteiger partial charge is 0.357 e. The molecule has 0 aromatic rings. The van der Waals surface area contributed by atoms with Gasteiger partial charge in [0.05, 0.1) is 0 Å².